The fourth-order valence-corrected chi connectivity index (χ4v) is 4.79. The highest BCUT2D eigenvalue weighted by Crippen LogP contribution is 2.25. The lowest BCUT2D eigenvalue weighted by Gasteiger charge is -2.14. The van der Waals surface area contributed by atoms with Crippen molar-refractivity contribution in [3.8, 4) is 11.4 Å². The Labute approximate surface area is 211 Å². The number of fused-ring (bicyclic) bond motifs is 3. The second kappa shape index (κ2) is 10.2. The number of thioether (sulfide) groups is 1. The SMILES string of the molecule is Cc1cccc(-n2c(=O)c3ccccc3n3c(SCC(=O)NCCOc4ccccc4)nnc23)c1C. The monoisotopic (exact) mass is 499 g/mol. The third-order valence-corrected chi connectivity index (χ3v) is 6.91. The van der Waals surface area contributed by atoms with Gasteiger partial charge in [-0.05, 0) is 55.3 Å². The molecule has 9 heteroatoms. The van der Waals surface area contributed by atoms with E-state index in [2.05, 4.69) is 15.5 Å². The summed E-state index contributed by atoms with van der Waals surface area (Å²) in [6.07, 6.45) is 0. The number of amides is 1. The van der Waals surface area contributed by atoms with Crippen molar-refractivity contribution in [3.63, 3.8) is 0 Å². The second-order valence-corrected chi connectivity index (χ2v) is 9.24. The van der Waals surface area contributed by atoms with Crippen molar-refractivity contribution < 1.29 is 9.53 Å². The minimum Gasteiger partial charge on any atom is -0.492 e. The van der Waals surface area contributed by atoms with Crippen molar-refractivity contribution >= 4 is 34.3 Å². The molecule has 2 heterocycles. The molecule has 0 saturated heterocycles. The first-order valence-corrected chi connectivity index (χ1v) is 12.6. The maximum atomic E-state index is 13.5. The third-order valence-electron chi connectivity index (χ3n) is 5.98. The number of carbonyl (C=O) groups is 1. The normalized spacial score (nSPS) is 11.2. The van der Waals surface area contributed by atoms with Gasteiger partial charge in [0.15, 0.2) is 5.16 Å². The second-order valence-electron chi connectivity index (χ2n) is 8.29. The van der Waals surface area contributed by atoms with Crippen LogP contribution in [0.3, 0.4) is 0 Å². The maximum absolute atomic E-state index is 13.5. The molecule has 0 unspecified atom stereocenters. The van der Waals surface area contributed by atoms with E-state index in [-0.39, 0.29) is 17.2 Å². The van der Waals surface area contributed by atoms with Crippen LogP contribution < -0.4 is 15.6 Å². The predicted molar refractivity (Wildman–Crippen MR) is 141 cm³/mol. The van der Waals surface area contributed by atoms with Gasteiger partial charge in [-0.25, -0.2) is 4.57 Å². The minimum atomic E-state index is -0.160. The highest BCUT2D eigenvalue weighted by Gasteiger charge is 2.19. The Balaban J connectivity index is 1.40. The Morgan fingerprint density at radius 3 is 2.58 bits per heavy atom. The van der Waals surface area contributed by atoms with Crippen LogP contribution in [0, 0.1) is 13.8 Å². The molecule has 1 N–H and O–H groups in total. The van der Waals surface area contributed by atoms with Crippen molar-refractivity contribution in [1.29, 1.82) is 0 Å². The van der Waals surface area contributed by atoms with Gasteiger partial charge in [0.2, 0.25) is 11.7 Å². The third kappa shape index (κ3) is 4.57. The van der Waals surface area contributed by atoms with Crippen LogP contribution in [0.5, 0.6) is 5.75 Å². The first kappa shape index (κ1) is 23.6. The smallest absolute Gasteiger partial charge is 0.267 e. The summed E-state index contributed by atoms with van der Waals surface area (Å²) >= 11 is 1.27. The molecular weight excluding hydrogens is 474 g/mol. The van der Waals surface area contributed by atoms with E-state index in [0.717, 1.165) is 22.6 Å². The molecule has 5 rings (SSSR count). The summed E-state index contributed by atoms with van der Waals surface area (Å²) in [7, 11) is 0. The number of benzene rings is 3. The van der Waals surface area contributed by atoms with Gasteiger partial charge >= 0.3 is 0 Å². The Morgan fingerprint density at radius 2 is 1.75 bits per heavy atom. The number of rotatable bonds is 8. The van der Waals surface area contributed by atoms with Gasteiger partial charge in [0, 0.05) is 0 Å². The fraction of sp³-hybridized carbons (Fsp3) is 0.185. The van der Waals surface area contributed by atoms with E-state index in [0.29, 0.717) is 35.0 Å². The average Bonchev–Trinajstić information content (AvgIpc) is 3.32. The Kier molecular flexibility index (Phi) is 6.73. The summed E-state index contributed by atoms with van der Waals surface area (Å²) in [5, 5.41) is 12.7. The first-order valence-electron chi connectivity index (χ1n) is 11.6. The first-order chi connectivity index (χ1) is 17.5. The number of nitrogens with zero attached hydrogens (tertiary/aromatic N) is 4. The number of hydrogen-bond acceptors (Lipinski definition) is 6. The van der Waals surface area contributed by atoms with Gasteiger partial charge in [0.1, 0.15) is 12.4 Å². The number of hydrogen-bond donors (Lipinski definition) is 1. The van der Waals surface area contributed by atoms with Crippen molar-refractivity contribution in [2.75, 3.05) is 18.9 Å². The van der Waals surface area contributed by atoms with Gasteiger partial charge < -0.3 is 10.1 Å². The molecule has 1 amide bonds. The molecule has 0 fully saturated rings. The van der Waals surface area contributed by atoms with Crippen LogP contribution in [0.15, 0.2) is 82.7 Å². The van der Waals surface area contributed by atoms with Crippen molar-refractivity contribution in [2.24, 2.45) is 0 Å². The lowest BCUT2D eigenvalue weighted by Crippen LogP contribution is -2.29. The molecule has 3 aromatic carbocycles. The van der Waals surface area contributed by atoms with Gasteiger partial charge in [0.25, 0.3) is 5.56 Å². The zero-order chi connectivity index (χ0) is 25.1. The lowest BCUT2D eigenvalue weighted by atomic mass is 10.1. The van der Waals surface area contributed by atoms with E-state index in [1.807, 2.05) is 85.0 Å². The highest BCUT2D eigenvalue weighted by atomic mass is 32.2. The molecule has 2 aromatic heterocycles. The quantitative estimate of drug-likeness (QED) is 0.257. The van der Waals surface area contributed by atoms with E-state index in [9.17, 15) is 9.59 Å². The maximum Gasteiger partial charge on any atom is 0.267 e. The van der Waals surface area contributed by atoms with Crippen LogP contribution in [0.1, 0.15) is 11.1 Å². The van der Waals surface area contributed by atoms with Gasteiger partial charge in [-0.2, -0.15) is 0 Å². The lowest BCUT2D eigenvalue weighted by molar-refractivity contribution is -0.118. The Hall–Kier alpha value is -4.11. The van der Waals surface area contributed by atoms with Gasteiger partial charge in [0.05, 0.1) is 28.9 Å². The van der Waals surface area contributed by atoms with E-state index >= 15 is 0 Å². The van der Waals surface area contributed by atoms with Crippen LogP contribution in [-0.4, -0.2) is 44.0 Å². The molecule has 5 aromatic rings. The summed E-state index contributed by atoms with van der Waals surface area (Å²) in [5.74, 6) is 1.19. The van der Waals surface area contributed by atoms with Crippen LogP contribution in [0.4, 0.5) is 0 Å². The summed E-state index contributed by atoms with van der Waals surface area (Å²) in [6, 6.07) is 22.7. The number of aromatic nitrogens is 4. The molecule has 182 valence electrons. The topological polar surface area (TPSA) is 90.5 Å². The molecule has 0 aliphatic heterocycles. The van der Waals surface area contributed by atoms with Crippen molar-refractivity contribution in [1.82, 2.24) is 24.5 Å². The van der Waals surface area contributed by atoms with Crippen molar-refractivity contribution in [3.05, 3.63) is 94.3 Å². The fourth-order valence-electron chi connectivity index (χ4n) is 4.02. The molecule has 0 saturated carbocycles. The molecule has 0 aliphatic carbocycles. The zero-order valence-corrected chi connectivity index (χ0v) is 20.8. The Bertz CT molecular complexity index is 1610. The molecule has 0 aliphatic rings. The molecule has 0 spiro atoms. The zero-order valence-electron chi connectivity index (χ0n) is 20.0. The minimum absolute atomic E-state index is 0.138. The number of carbonyl (C=O) groups excluding carboxylic acids is 1. The highest BCUT2D eigenvalue weighted by molar-refractivity contribution is 7.99. The van der Waals surface area contributed by atoms with E-state index in [1.165, 1.54) is 11.8 Å². The van der Waals surface area contributed by atoms with Crippen LogP contribution >= 0.6 is 11.8 Å². The van der Waals surface area contributed by atoms with Gasteiger partial charge in [-0.3, -0.25) is 14.0 Å². The molecule has 8 nitrogen and oxygen atoms in total. The summed E-state index contributed by atoms with van der Waals surface area (Å²) in [6.45, 7) is 4.77. The summed E-state index contributed by atoms with van der Waals surface area (Å²) in [4.78, 5) is 26.0. The van der Waals surface area contributed by atoms with E-state index < -0.39 is 0 Å². The van der Waals surface area contributed by atoms with Gasteiger partial charge in [-0.15, -0.1) is 10.2 Å². The number of ether oxygens (including phenoxy) is 1. The average molecular weight is 500 g/mol. The molecule has 36 heavy (non-hydrogen) atoms. The predicted octanol–water partition coefficient (Wildman–Crippen LogP) is 3.94. The van der Waals surface area contributed by atoms with E-state index in [1.54, 1.807) is 10.6 Å². The Morgan fingerprint density at radius 1 is 0.972 bits per heavy atom. The van der Waals surface area contributed by atoms with Crippen molar-refractivity contribution in [2.45, 2.75) is 19.0 Å². The molecular formula is C27H25N5O3S. The number of para-hydroxylation sites is 2. The number of nitrogens with one attached hydrogen (secondary N) is 1. The molecule has 0 atom stereocenters. The van der Waals surface area contributed by atoms with Crippen LogP contribution in [-0.2, 0) is 4.79 Å². The summed E-state index contributed by atoms with van der Waals surface area (Å²) in [5.41, 5.74) is 3.37. The summed E-state index contributed by atoms with van der Waals surface area (Å²) < 4.78 is 9.06. The van der Waals surface area contributed by atoms with E-state index in [4.69, 9.17) is 4.74 Å². The van der Waals surface area contributed by atoms with Gasteiger partial charge in [-0.1, -0.05) is 54.2 Å². The largest absolute Gasteiger partial charge is 0.492 e. The van der Waals surface area contributed by atoms with Crippen LogP contribution in [0.2, 0.25) is 0 Å². The standard InChI is InChI=1S/C27H25N5O3S/c1-18-9-8-14-22(19(18)2)31-25(34)21-12-6-7-13-23(21)32-26(31)29-30-27(32)36-17-24(33)28-15-16-35-20-10-4-3-5-11-20/h3-14H,15-17H2,1-2H3,(H,28,33). The number of aryl methyl sites for hydroxylation is 1. The van der Waals surface area contributed by atoms with Crippen LogP contribution in [0.25, 0.3) is 22.4 Å². The molecule has 0 radical (unpaired) electrons. The molecule has 0 bridgehead atoms.